The predicted octanol–water partition coefficient (Wildman–Crippen LogP) is -0.0627. The summed E-state index contributed by atoms with van der Waals surface area (Å²) in [6, 6.07) is -0.740. The summed E-state index contributed by atoms with van der Waals surface area (Å²) in [4.78, 5) is 35.8. The molecule has 0 saturated carbocycles. The number of aliphatic carboxylic acids is 1. The lowest BCUT2D eigenvalue weighted by Gasteiger charge is -2.17. The number of nitrogens with one attached hydrogen (secondary N) is 2. The average molecular weight is 281 g/mol. The maximum Gasteiger partial charge on any atom is 0.315 e. The summed E-state index contributed by atoms with van der Waals surface area (Å²) >= 11 is 0. The highest BCUT2D eigenvalue weighted by molar-refractivity contribution is 5.84. The molecule has 20 heavy (non-hydrogen) atoms. The molecule has 0 aromatic heterocycles. The van der Waals surface area contributed by atoms with Crippen LogP contribution in [0.5, 0.6) is 0 Å². The molecule has 2 aliphatic rings. The second kappa shape index (κ2) is 6.40. The minimum absolute atomic E-state index is 0.0232. The van der Waals surface area contributed by atoms with E-state index in [9.17, 15) is 14.4 Å². The number of carboxylic acid groups (broad SMARTS) is 1. The number of likely N-dealkylation sites (tertiary alicyclic amines) is 1. The summed E-state index contributed by atoms with van der Waals surface area (Å²) < 4.78 is 0. The van der Waals surface area contributed by atoms with Crippen molar-refractivity contribution in [1.82, 2.24) is 15.5 Å². The molecule has 2 rings (SSSR count). The summed E-state index contributed by atoms with van der Waals surface area (Å²) in [6.45, 7) is 1.49. The number of rotatable bonds is 4. The maximum absolute atomic E-state index is 11.7. The van der Waals surface area contributed by atoms with Gasteiger partial charge in [-0.05, 0) is 19.3 Å². The van der Waals surface area contributed by atoms with Gasteiger partial charge in [-0.1, -0.05) is 12.2 Å². The smallest absolute Gasteiger partial charge is 0.315 e. The van der Waals surface area contributed by atoms with E-state index in [1.807, 2.05) is 0 Å². The van der Waals surface area contributed by atoms with Gasteiger partial charge in [0.25, 0.3) is 0 Å². The second-order valence-electron chi connectivity index (χ2n) is 5.09. The standard InChI is InChI=1S/C13H19N3O4/c17-11(16-5-1-2-6-16)8-14-13(20)15-10-4-3-9(7-10)12(18)19/h3-4,9-10H,1-2,5-8H2,(H,18,19)(H2,14,15,20). The van der Waals surface area contributed by atoms with Crippen molar-refractivity contribution < 1.29 is 19.5 Å². The molecule has 0 aromatic rings. The van der Waals surface area contributed by atoms with Gasteiger partial charge in [0, 0.05) is 13.1 Å². The molecule has 2 unspecified atom stereocenters. The van der Waals surface area contributed by atoms with Crippen LogP contribution in [0.3, 0.4) is 0 Å². The topological polar surface area (TPSA) is 98.7 Å². The zero-order valence-corrected chi connectivity index (χ0v) is 11.2. The Balaban J connectivity index is 1.67. The molecule has 7 heteroatoms. The molecular formula is C13H19N3O4. The van der Waals surface area contributed by atoms with Crippen LogP contribution in [0, 0.1) is 5.92 Å². The summed E-state index contributed by atoms with van der Waals surface area (Å²) in [7, 11) is 0. The fourth-order valence-electron chi connectivity index (χ4n) is 2.44. The zero-order valence-electron chi connectivity index (χ0n) is 11.2. The maximum atomic E-state index is 11.7. The van der Waals surface area contributed by atoms with Gasteiger partial charge in [-0.3, -0.25) is 9.59 Å². The second-order valence-corrected chi connectivity index (χ2v) is 5.09. The Kier molecular flexibility index (Phi) is 4.60. The number of carbonyl (C=O) groups is 3. The predicted molar refractivity (Wildman–Crippen MR) is 71.0 cm³/mol. The molecule has 3 N–H and O–H groups in total. The third-order valence-corrected chi connectivity index (χ3v) is 3.58. The molecule has 2 atom stereocenters. The molecule has 0 spiro atoms. The summed E-state index contributed by atoms with van der Waals surface area (Å²) in [5, 5.41) is 14.0. The van der Waals surface area contributed by atoms with E-state index in [4.69, 9.17) is 5.11 Å². The van der Waals surface area contributed by atoms with E-state index in [2.05, 4.69) is 10.6 Å². The normalized spacial score (nSPS) is 24.7. The van der Waals surface area contributed by atoms with E-state index in [1.54, 1.807) is 17.1 Å². The Morgan fingerprint density at radius 2 is 1.90 bits per heavy atom. The lowest BCUT2D eigenvalue weighted by molar-refractivity contribution is -0.140. The molecule has 7 nitrogen and oxygen atoms in total. The highest BCUT2D eigenvalue weighted by Gasteiger charge is 2.25. The molecule has 1 aliphatic carbocycles. The van der Waals surface area contributed by atoms with Gasteiger partial charge in [-0.25, -0.2) is 4.79 Å². The number of urea groups is 1. The Morgan fingerprint density at radius 1 is 1.20 bits per heavy atom. The first kappa shape index (κ1) is 14.4. The van der Waals surface area contributed by atoms with Gasteiger partial charge in [0.05, 0.1) is 18.5 Å². The van der Waals surface area contributed by atoms with Crippen LogP contribution in [-0.4, -0.2) is 53.6 Å². The first-order valence-corrected chi connectivity index (χ1v) is 6.79. The van der Waals surface area contributed by atoms with E-state index in [0.29, 0.717) is 6.42 Å². The van der Waals surface area contributed by atoms with Crippen LogP contribution in [0.15, 0.2) is 12.2 Å². The average Bonchev–Trinajstić information content (AvgIpc) is 3.06. The number of amides is 3. The first-order chi connectivity index (χ1) is 9.56. The molecule has 110 valence electrons. The fraction of sp³-hybridized carbons (Fsp3) is 0.615. The number of nitrogens with zero attached hydrogens (tertiary/aromatic N) is 1. The van der Waals surface area contributed by atoms with Crippen LogP contribution >= 0.6 is 0 Å². The Labute approximate surface area is 117 Å². The van der Waals surface area contributed by atoms with Gasteiger partial charge in [0.2, 0.25) is 5.91 Å². The van der Waals surface area contributed by atoms with Crippen molar-refractivity contribution in [3.05, 3.63) is 12.2 Å². The SMILES string of the molecule is O=C(NCC(=O)N1CCCC1)NC1C=CC(C(=O)O)C1. The van der Waals surface area contributed by atoms with Crippen molar-refractivity contribution in [2.75, 3.05) is 19.6 Å². The molecular weight excluding hydrogens is 262 g/mol. The van der Waals surface area contributed by atoms with Gasteiger partial charge >= 0.3 is 12.0 Å². The molecule has 1 heterocycles. The van der Waals surface area contributed by atoms with Crippen LogP contribution < -0.4 is 10.6 Å². The lowest BCUT2D eigenvalue weighted by Crippen LogP contribution is -2.45. The van der Waals surface area contributed by atoms with Gasteiger partial charge in [-0.15, -0.1) is 0 Å². The Bertz CT molecular complexity index is 429. The van der Waals surface area contributed by atoms with E-state index < -0.39 is 17.9 Å². The monoisotopic (exact) mass is 281 g/mol. The van der Waals surface area contributed by atoms with Crippen molar-refractivity contribution in [2.24, 2.45) is 5.92 Å². The molecule has 1 fully saturated rings. The summed E-state index contributed by atoms with van der Waals surface area (Å²) in [6.07, 6.45) is 5.62. The van der Waals surface area contributed by atoms with Crippen LogP contribution in [0.25, 0.3) is 0 Å². The van der Waals surface area contributed by atoms with Crippen molar-refractivity contribution in [3.8, 4) is 0 Å². The Morgan fingerprint density at radius 3 is 2.50 bits per heavy atom. The van der Waals surface area contributed by atoms with Crippen molar-refractivity contribution in [3.63, 3.8) is 0 Å². The largest absolute Gasteiger partial charge is 0.481 e. The third-order valence-electron chi connectivity index (χ3n) is 3.58. The Hall–Kier alpha value is -2.05. The van der Waals surface area contributed by atoms with Crippen molar-refractivity contribution in [1.29, 1.82) is 0 Å². The molecule has 0 aromatic carbocycles. The molecule has 3 amide bonds. The summed E-state index contributed by atoms with van der Waals surface area (Å²) in [5.74, 6) is -1.52. The molecule has 0 bridgehead atoms. The van der Waals surface area contributed by atoms with Gasteiger partial charge in [-0.2, -0.15) is 0 Å². The fourth-order valence-corrected chi connectivity index (χ4v) is 2.44. The van der Waals surface area contributed by atoms with Gasteiger partial charge in [0.15, 0.2) is 0 Å². The summed E-state index contributed by atoms with van der Waals surface area (Å²) in [5.41, 5.74) is 0. The quantitative estimate of drug-likeness (QED) is 0.628. The first-order valence-electron chi connectivity index (χ1n) is 6.79. The third kappa shape index (κ3) is 3.72. The molecule has 1 saturated heterocycles. The van der Waals surface area contributed by atoms with Crippen molar-refractivity contribution in [2.45, 2.75) is 25.3 Å². The van der Waals surface area contributed by atoms with E-state index in [0.717, 1.165) is 25.9 Å². The van der Waals surface area contributed by atoms with Crippen LogP contribution in [-0.2, 0) is 9.59 Å². The molecule has 0 radical (unpaired) electrons. The van der Waals surface area contributed by atoms with Crippen LogP contribution in [0.2, 0.25) is 0 Å². The highest BCUT2D eigenvalue weighted by atomic mass is 16.4. The van der Waals surface area contributed by atoms with E-state index in [-0.39, 0.29) is 18.5 Å². The zero-order chi connectivity index (χ0) is 14.5. The van der Waals surface area contributed by atoms with E-state index in [1.165, 1.54) is 0 Å². The van der Waals surface area contributed by atoms with E-state index >= 15 is 0 Å². The minimum Gasteiger partial charge on any atom is -0.481 e. The van der Waals surface area contributed by atoms with Gasteiger partial charge < -0.3 is 20.6 Å². The number of hydrogen-bond acceptors (Lipinski definition) is 3. The number of carboxylic acids is 1. The van der Waals surface area contributed by atoms with Crippen molar-refractivity contribution >= 4 is 17.9 Å². The molecule has 1 aliphatic heterocycles. The highest BCUT2D eigenvalue weighted by Crippen LogP contribution is 2.17. The van der Waals surface area contributed by atoms with Crippen LogP contribution in [0.4, 0.5) is 4.79 Å². The minimum atomic E-state index is -0.893. The van der Waals surface area contributed by atoms with Crippen LogP contribution in [0.1, 0.15) is 19.3 Å². The number of hydrogen-bond donors (Lipinski definition) is 3. The lowest BCUT2D eigenvalue weighted by atomic mass is 10.1. The van der Waals surface area contributed by atoms with Gasteiger partial charge in [0.1, 0.15) is 0 Å². The number of carbonyl (C=O) groups excluding carboxylic acids is 2.